The van der Waals surface area contributed by atoms with Gasteiger partial charge in [-0.15, -0.1) is 0 Å². The van der Waals surface area contributed by atoms with Crippen LogP contribution in [0.4, 0.5) is 18.9 Å². The standard InChI is InChI=1S/C22H23ClF3N3O2/c1-2-31-13-5-12-28-21(30)16-10-8-15(9-11-16)19(14-20(27)22(24,25)26)29-18-7-4-3-6-17(18)23/h3-4,6-11,27H,2,5,12-14H2,1H3,(H,28,30). The molecular weight excluding hydrogens is 431 g/mol. The average molecular weight is 454 g/mol. The predicted molar refractivity (Wildman–Crippen MR) is 116 cm³/mol. The number of amides is 1. The predicted octanol–water partition coefficient (Wildman–Crippen LogP) is 5.59. The van der Waals surface area contributed by atoms with E-state index in [1.54, 1.807) is 24.3 Å². The molecule has 2 N–H and O–H groups in total. The second-order valence-corrected chi connectivity index (χ2v) is 6.95. The summed E-state index contributed by atoms with van der Waals surface area (Å²) in [7, 11) is 0. The zero-order chi connectivity index (χ0) is 22.9. The Labute approximate surface area is 183 Å². The smallest absolute Gasteiger partial charge is 0.382 e. The van der Waals surface area contributed by atoms with Gasteiger partial charge >= 0.3 is 6.18 Å². The third kappa shape index (κ3) is 7.80. The lowest BCUT2D eigenvalue weighted by Crippen LogP contribution is -2.26. The normalized spacial score (nSPS) is 12.0. The molecule has 31 heavy (non-hydrogen) atoms. The number of hydrogen-bond donors (Lipinski definition) is 2. The van der Waals surface area contributed by atoms with Gasteiger partial charge in [-0.25, -0.2) is 0 Å². The van der Waals surface area contributed by atoms with Crippen molar-refractivity contribution in [3.05, 3.63) is 64.7 Å². The van der Waals surface area contributed by atoms with Crippen LogP contribution >= 0.6 is 11.6 Å². The van der Waals surface area contributed by atoms with Crippen molar-refractivity contribution in [1.82, 2.24) is 5.32 Å². The quantitative estimate of drug-likeness (QED) is 0.363. The lowest BCUT2D eigenvalue weighted by molar-refractivity contribution is -0.0605. The Bertz CT molecular complexity index is 928. The van der Waals surface area contributed by atoms with Crippen molar-refractivity contribution >= 4 is 34.6 Å². The second-order valence-electron chi connectivity index (χ2n) is 6.55. The van der Waals surface area contributed by atoms with Gasteiger partial charge in [0.05, 0.1) is 16.4 Å². The highest BCUT2D eigenvalue weighted by molar-refractivity contribution is 6.33. The molecule has 2 rings (SSSR count). The summed E-state index contributed by atoms with van der Waals surface area (Å²) in [6.45, 7) is 3.49. The molecule has 0 saturated heterocycles. The van der Waals surface area contributed by atoms with E-state index in [0.29, 0.717) is 43.0 Å². The monoisotopic (exact) mass is 453 g/mol. The summed E-state index contributed by atoms with van der Waals surface area (Å²) >= 11 is 6.08. The molecule has 0 fully saturated rings. The Balaban J connectivity index is 2.21. The summed E-state index contributed by atoms with van der Waals surface area (Å²) in [6, 6.07) is 12.5. The minimum Gasteiger partial charge on any atom is -0.382 e. The molecule has 0 atom stereocenters. The molecule has 0 aromatic heterocycles. The van der Waals surface area contributed by atoms with E-state index in [-0.39, 0.29) is 16.6 Å². The maximum atomic E-state index is 12.9. The highest BCUT2D eigenvalue weighted by Crippen LogP contribution is 2.27. The van der Waals surface area contributed by atoms with Gasteiger partial charge in [0, 0.05) is 31.7 Å². The molecule has 2 aromatic rings. The molecule has 9 heteroatoms. The molecule has 0 heterocycles. The number of benzene rings is 2. The van der Waals surface area contributed by atoms with Crippen molar-refractivity contribution < 1.29 is 22.7 Å². The number of carbonyl (C=O) groups excluding carboxylic acids is 1. The highest BCUT2D eigenvalue weighted by atomic mass is 35.5. The van der Waals surface area contributed by atoms with Crippen LogP contribution in [0.15, 0.2) is 53.5 Å². The minimum atomic E-state index is -4.76. The van der Waals surface area contributed by atoms with Gasteiger partial charge in [0.15, 0.2) is 0 Å². The van der Waals surface area contributed by atoms with E-state index in [2.05, 4.69) is 10.3 Å². The summed E-state index contributed by atoms with van der Waals surface area (Å²) in [5.74, 6) is -0.296. The van der Waals surface area contributed by atoms with Gasteiger partial charge < -0.3 is 15.5 Å². The highest BCUT2D eigenvalue weighted by Gasteiger charge is 2.35. The molecule has 0 aliphatic rings. The molecule has 166 valence electrons. The maximum absolute atomic E-state index is 12.9. The first-order valence-corrected chi connectivity index (χ1v) is 10.0. The van der Waals surface area contributed by atoms with Crippen LogP contribution in [0.5, 0.6) is 0 Å². The molecule has 0 spiro atoms. The number of nitrogens with zero attached hydrogens (tertiary/aromatic N) is 1. The molecule has 0 saturated carbocycles. The van der Waals surface area contributed by atoms with Crippen LogP contribution in [0.25, 0.3) is 0 Å². The molecule has 0 aliphatic carbocycles. The van der Waals surface area contributed by atoms with Crippen LogP contribution in [0.3, 0.4) is 0 Å². The van der Waals surface area contributed by atoms with E-state index in [4.69, 9.17) is 21.7 Å². The van der Waals surface area contributed by atoms with Gasteiger partial charge in [-0.3, -0.25) is 9.79 Å². The van der Waals surface area contributed by atoms with Crippen molar-refractivity contribution in [2.75, 3.05) is 19.8 Å². The number of rotatable bonds is 10. The molecule has 2 aromatic carbocycles. The van der Waals surface area contributed by atoms with Gasteiger partial charge in [-0.1, -0.05) is 35.9 Å². The first-order valence-electron chi connectivity index (χ1n) is 9.65. The maximum Gasteiger partial charge on any atom is 0.429 e. The fraction of sp³-hybridized carbons (Fsp3) is 0.318. The number of hydrogen-bond acceptors (Lipinski definition) is 4. The summed E-state index contributed by atoms with van der Waals surface area (Å²) in [6.07, 6.45) is -4.81. The lowest BCUT2D eigenvalue weighted by Gasteiger charge is -2.12. The van der Waals surface area contributed by atoms with Crippen LogP contribution in [-0.2, 0) is 4.74 Å². The Hall–Kier alpha value is -2.71. The van der Waals surface area contributed by atoms with E-state index >= 15 is 0 Å². The largest absolute Gasteiger partial charge is 0.429 e. The van der Waals surface area contributed by atoms with Crippen molar-refractivity contribution in [3.8, 4) is 0 Å². The van der Waals surface area contributed by atoms with Crippen molar-refractivity contribution in [2.45, 2.75) is 25.9 Å². The van der Waals surface area contributed by atoms with Gasteiger partial charge in [0.2, 0.25) is 0 Å². The molecule has 5 nitrogen and oxygen atoms in total. The van der Waals surface area contributed by atoms with E-state index in [9.17, 15) is 18.0 Å². The van der Waals surface area contributed by atoms with Crippen molar-refractivity contribution in [2.24, 2.45) is 4.99 Å². The third-order valence-corrected chi connectivity index (χ3v) is 4.55. The van der Waals surface area contributed by atoms with E-state index in [0.717, 1.165) is 0 Å². The van der Waals surface area contributed by atoms with Gasteiger partial charge in [-0.05, 0) is 43.2 Å². The molecule has 0 radical (unpaired) electrons. The lowest BCUT2D eigenvalue weighted by atomic mass is 10.0. The van der Waals surface area contributed by atoms with Crippen LogP contribution in [0.1, 0.15) is 35.7 Å². The average Bonchev–Trinajstić information content (AvgIpc) is 2.74. The Morgan fingerprint density at radius 2 is 1.77 bits per heavy atom. The summed E-state index contributed by atoms with van der Waals surface area (Å²) in [5.41, 5.74) is -0.372. The topological polar surface area (TPSA) is 74.5 Å². The number of carbonyl (C=O) groups is 1. The van der Waals surface area contributed by atoms with Gasteiger partial charge in [-0.2, -0.15) is 13.2 Å². The number of para-hydroxylation sites is 1. The van der Waals surface area contributed by atoms with Crippen LogP contribution in [0.2, 0.25) is 5.02 Å². The Morgan fingerprint density at radius 3 is 2.39 bits per heavy atom. The molecule has 0 aliphatic heterocycles. The first-order chi connectivity index (χ1) is 14.7. The van der Waals surface area contributed by atoms with E-state index in [1.165, 1.54) is 24.3 Å². The number of ether oxygens (including phenoxy) is 1. The third-order valence-electron chi connectivity index (χ3n) is 4.23. The SMILES string of the molecule is CCOCCCNC(=O)c1ccc(C(CC(=N)C(F)(F)F)=Nc2ccccc2Cl)cc1. The Morgan fingerprint density at radius 1 is 1.13 bits per heavy atom. The number of aliphatic imine (C=N–C) groups is 1. The summed E-state index contributed by atoms with van der Waals surface area (Å²) in [5, 5.41) is 10.4. The van der Waals surface area contributed by atoms with Crippen LogP contribution < -0.4 is 5.32 Å². The van der Waals surface area contributed by atoms with Crippen LogP contribution in [0, 0.1) is 5.41 Å². The summed E-state index contributed by atoms with van der Waals surface area (Å²) in [4.78, 5) is 16.5. The van der Waals surface area contributed by atoms with Crippen LogP contribution in [-0.4, -0.2) is 43.3 Å². The number of nitrogens with one attached hydrogen (secondary N) is 2. The fourth-order valence-electron chi connectivity index (χ4n) is 2.60. The van der Waals surface area contributed by atoms with Gasteiger partial charge in [0.1, 0.15) is 5.71 Å². The summed E-state index contributed by atoms with van der Waals surface area (Å²) < 4.78 is 44.0. The number of halogens is 4. The zero-order valence-corrected chi connectivity index (χ0v) is 17.7. The van der Waals surface area contributed by atoms with E-state index < -0.39 is 18.3 Å². The number of alkyl halides is 3. The second kappa shape index (κ2) is 11.6. The molecule has 0 unspecified atom stereocenters. The first kappa shape index (κ1) is 24.6. The zero-order valence-electron chi connectivity index (χ0n) is 16.9. The van der Waals surface area contributed by atoms with Crippen molar-refractivity contribution in [1.29, 1.82) is 5.41 Å². The van der Waals surface area contributed by atoms with E-state index in [1.807, 2.05) is 6.92 Å². The fourth-order valence-corrected chi connectivity index (χ4v) is 2.78. The van der Waals surface area contributed by atoms with Crippen molar-refractivity contribution in [3.63, 3.8) is 0 Å². The molecule has 0 bridgehead atoms. The molecular formula is C22H23ClF3N3O2. The van der Waals surface area contributed by atoms with Gasteiger partial charge in [0.25, 0.3) is 5.91 Å². The molecule has 1 amide bonds. The minimum absolute atomic E-state index is 0.0269. The Kier molecular flexibility index (Phi) is 9.21.